The van der Waals surface area contributed by atoms with Gasteiger partial charge in [-0.05, 0) is 231 Å². The monoisotopic (exact) mass is 1350 g/mol. The Labute approximate surface area is 575 Å². The lowest BCUT2D eigenvalue weighted by atomic mass is 9.44. The molecule has 1 aliphatic heterocycles. The number of hydrogen-bond donors (Lipinski definition) is 5. The Kier molecular flexibility index (Phi) is 19.0. The lowest BCUT2D eigenvalue weighted by molar-refractivity contribution is -0.220. The van der Waals surface area contributed by atoms with Gasteiger partial charge >= 0.3 is 0 Å². The Bertz CT molecular complexity index is 3370. The van der Waals surface area contributed by atoms with E-state index in [0.717, 1.165) is 68.1 Å². The molecule has 0 aromatic carbocycles. The highest BCUT2D eigenvalue weighted by molar-refractivity contribution is 6.02. The van der Waals surface area contributed by atoms with Crippen molar-refractivity contribution >= 4 is 34.7 Å². The maximum Gasteiger partial charge on any atom is 0.193 e. The van der Waals surface area contributed by atoms with Gasteiger partial charge in [-0.2, -0.15) is 0 Å². The number of allylic oxidation sites excluding steroid dienone is 12. The van der Waals surface area contributed by atoms with Crippen LogP contribution in [0.1, 0.15) is 214 Å². The molecule has 10 fully saturated rings. The second-order valence-electron chi connectivity index (χ2n) is 36.4. The van der Waals surface area contributed by atoms with Gasteiger partial charge in [0.1, 0.15) is 31.0 Å². The van der Waals surface area contributed by atoms with Crippen LogP contribution in [-0.2, 0) is 52.5 Å². The molecule has 0 bridgehead atoms. The van der Waals surface area contributed by atoms with Crippen LogP contribution in [-0.4, -0.2) is 150 Å². The fourth-order valence-corrected chi connectivity index (χ4v) is 23.1. The third-order valence-corrected chi connectivity index (χ3v) is 27.9. The summed E-state index contributed by atoms with van der Waals surface area (Å²) in [5.41, 5.74) is -8.61. The molecule has 0 amide bonds. The van der Waals surface area contributed by atoms with Crippen molar-refractivity contribution in [2.45, 2.75) is 284 Å². The molecule has 1 heterocycles. The standard InChI is InChI=1S/C29H42O6.C26H37FO5.C25H36O5/c1-7-8-24-34-23-14-20-19-10-9-17-13-18(30)11-12-27(17,5)25(19)21(31)15-28(20,6)29(23,35-24)22(32)16-33-26(2,3)4;1-15-11-19-18-8-7-16-12-17(28)9-10-23(16,5)25(18,27)20(29)13-24(19,6)26(15,31)21(30)14-32-22(2,3)4;1-22(2,3)30-14-20(28)25(29)11-9-18-17-7-6-15-12-16(26)8-10-23(15,4)21(17)19(27)13-24(18,25)5/h11-13,19-21,23-25,31H,7-10,14-16H2,1-6H3;9-10,12,15,18-20,29,31H,7-8,11,13-14H2,1-6H3;8,10,12,17-19,21,27,29H,6-7,9,11,13-14H2,1-5H3/t19-,20-,21-,23+,24?,25+,27-,28-,29+;15-,18+,19+,20+,23+,24+,25+,26+;17-,18-,19-,21+,23-,24-,25-/m010/s1. The van der Waals surface area contributed by atoms with E-state index < -0.39 is 97.2 Å². The van der Waals surface area contributed by atoms with Crippen LogP contribution in [0.4, 0.5) is 4.39 Å². The lowest BCUT2D eigenvalue weighted by Crippen LogP contribution is -2.69. The summed E-state index contributed by atoms with van der Waals surface area (Å²) in [6.45, 7) is 32.7. The van der Waals surface area contributed by atoms with Crippen molar-refractivity contribution in [1.29, 1.82) is 0 Å². The average Bonchev–Trinajstić information content (AvgIpc) is 1.61. The van der Waals surface area contributed by atoms with Crippen molar-refractivity contribution in [2.24, 2.45) is 85.8 Å². The van der Waals surface area contributed by atoms with Gasteiger partial charge in [0.25, 0.3) is 0 Å². The van der Waals surface area contributed by atoms with Crippen LogP contribution in [0.2, 0.25) is 0 Å². The number of Topliss-reactive ketones (excluding diaryl/α,β-unsaturated/α-hetero) is 3. The quantitative estimate of drug-likeness (QED) is 0.129. The Hall–Kier alpha value is -4.01. The van der Waals surface area contributed by atoms with Gasteiger partial charge in [-0.25, -0.2) is 4.39 Å². The van der Waals surface area contributed by atoms with E-state index in [0.29, 0.717) is 38.5 Å². The van der Waals surface area contributed by atoms with Gasteiger partial charge in [-0.3, -0.25) is 28.8 Å². The molecule has 24 atom stereocenters. The summed E-state index contributed by atoms with van der Waals surface area (Å²) in [4.78, 5) is 76.5. The molecule has 12 aliphatic carbocycles. The molecule has 17 heteroatoms. The number of aliphatic hydroxyl groups excluding tert-OH is 3. The molecule has 5 N–H and O–H groups in total. The Morgan fingerprint density at radius 1 is 0.577 bits per heavy atom. The molecular weight excluding hydrogens is 1240 g/mol. The van der Waals surface area contributed by atoms with E-state index in [2.05, 4.69) is 27.7 Å². The number of alkyl halides is 1. The summed E-state index contributed by atoms with van der Waals surface area (Å²) in [6.07, 6.45) is 21.5. The minimum absolute atomic E-state index is 0.00296. The smallest absolute Gasteiger partial charge is 0.193 e. The molecule has 1 unspecified atom stereocenters. The third kappa shape index (κ3) is 11.5. The summed E-state index contributed by atoms with van der Waals surface area (Å²) >= 11 is 0. The van der Waals surface area contributed by atoms with E-state index in [9.17, 15) is 54.3 Å². The molecule has 97 heavy (non-hydrogen) atoms. The molecular formula is C80H115FO16. The minimum atomic E-state index is -1.96. The zero-order valence-corrected chi connectivity index (χ0v) is 61.1. The number of hydrogen-bond acceptors (Lipinski definition) is 16. The first-order valence-corrected chi connectivity index (χ1v) is 36.6. The first kappa shape index (κ1) is 74.2. The van der Waals surface area contributed by atoms with Crippen LogP contribution >= 0.6 is 0 Å². The zero-order valence-electron chi connectivity index (χ0n) is 61.1. The molecule has 13 aliphatic rings. The van der Waals surface area contributed by atoms with Crippen LogP contribution in [0.15, 0.2) is 71.4 Å². The largest absolute Gasteiger partial charge is 0.393 e. The second kappa shape index (κ2) is 24.9. The highest BCUT2D eigenvalue weighted by Gasteiger charge is 2.78. The predicted molar refractivity (Wildman–Crippen MR) is 364 cm³/mol. The topological polar surface area (TPSA) is 250 Å². The van der Waals surface area contributed by atoms with Gasteiger partial charge in [0.2, 0.25) is 0 Å². The predicted octanol–water partition coefficient (Wildman–Crippen LogP) is 11.6. The van der Waals surface area contributed by atoms with Gasteiger partial charge < -0.3 is 49.2 Å². The number of ketones is 6. The van der Waals surface area contributed by atoms with Gasteiger partial charge in [0.15, 0.2) is 52.3 Å². The van der Waals surface area contributed by atoms with E-state index in [1.165, 1.54) is 12.2 Å². The normalized spacial score (nSPS) is 46.7. The van der Waals surface area contributed by atoms with Crippen LogP contribution in [0, 0.1) is 85.8 Å². The van der Waals surface area contributed by atoms with Crippen LogP contribution < -0.4 is 0 Å². The molecule has 16 nitrogen and oxygen atoms in total. The lowest BCUT2D eigenvalue weighted by Gasteiger charge is -2.62. The average molecular weight is 1350 g/mol. The van der Waals surface area contributed by atoms with Crippen LogP contribution in [0.5, 0.6) is 0 Å². The fraction of sp³-hybridized carbons (Fsp3) is 0.775. The number of aliphatic hydroxyl groups is 5. The van der Waals surface area contributed by atoms with E-state index in [4.69, 9.17) is 23.7 Å². The van der Waals surface area contributed by atoms with Gasteiger partial charge in [-0.15, -0.1) is 0 Å². The first-order valence-electron chi connectivity index (χ1n) is 36.6. The summed E-state index contributed by atoms with van der Waals surface area (Å²) < 4.78 is 47.6. The SMILES string of the molecule is CC(C)(C)OCC(=O)[C@@]1(O)CC[C@H]2[C@@H]3CCC4=CC(=O)C=C[C@]4(C)[C@H]3[C@@H](O)C[C@@]21C.CCCC1O[C@@H]2C[C@H]3[C@@H]4CCC5=CC(=O)C=C[C@]5(C)[C@H]4[C@@H](O)C[C@]3(C)[C@]2(C(=O)COC(C)(C)C)O1.C[C@@H]1C[C@H]2[C@@H]3CCC4=CC(=O)C=C[C@]4(C)[C@@]3(F)[C@@H](O)C[C@]2(C)[C@@]1(O)C(=O)COC(C)(C)C. The van der Waals surface area contributed by atoms with E-state index in [1.807, 2.05) is 95.2 Å². The number of ether oxygens (including phenoxy) is 5. The molecule has 0 radical (unpaired) electrons. The molecule has 0 aromatic heterocycles. The molecule has 538 valence electrons. The van der Waals surface area contributed by atoms with Crippen molar-refractivity contribution in [3.63, 3.8) is 0 Å². The zero-order chi connectivity index (χ0) is 71.4. The van der Waals surface area contributed by atoms with E-state index in [1.54, 1.807) is 37.3 Å². The maximum atomic E-state index is 17.1. The highest BCUT2D eigenvalue weighted by atomic mass is 19.1. The number of fused-ring (bicyclic) bond motifs is 17. The summed E-state index contributed by atoms with van der Waals surface area (Å²) in [6, 6.07) is 0. The van der Waals surface area contributed by atoms with Gasteiger partial charge in [0, 0.05) is 50.2 Å². The molecule has 1 saturated heterocycles. The van der Waals surface area contributed by atoms with Crippen molar-refractivity contribution < 1.29 is 82.4 Å². The summed E-state index contributed by atoms with van der Waals surface area (Å²) in [5, 5.41) is 57.9. The van der Waals surface area contributed by atoms with Crippen LogP contribution in [0.25, 0.3) is 0 Å². The van der Waals surface area contributed by atoms with Crippen molar-refractivity contribution in [1.82, 2.24) is 0 Å². The molecule has 0 aromatic rings. The van der Waals surface area contributed by atoms with Crippen molar-refractivity contribution in [3.05, 3.63) is 71.4 Å². The van der Waals surface area contributed by atoms with E-state index in [-0.39, 0.29) is 119 Å². The van der Waals surface area contributed by atoms with Gasteiger partial charge in [0.05, 0.1) is 41.2 Å². The summed E-state index contributed by atoms with van der Waals surface area (Å²) in [5.74, 6) is -1.18. The Balaban J connectivity index is 0.000000148. The Morgan fingerprint density at radius 3 is 1.58 bits per heavy atom. The molecule has 0 spiro atoms. The number of halogens is 1. The van der Waals surface area contributed by atoms with Crippen LogP contribution in [0.3, 0.4) is 0 Å². The third-order valence-electron chi connectivity index (χ3n) is 27.9. The number of carbonyl (C=O) groups is 6. The first-order chi connectivity index (χ1) is 44.8. The molecule has 13 rings (SSSR count). The number of rotatable bonds is 11. The second-order valence-corrected chi connectivity index (χ2v) is 36.4. The van der Waals surface area contributed by atoms with Crippen molar-refractivity contribution in [2.75, 3.05) is 19.8 Å². The minimum Gasteiger partial charge on any atom is -0.393 e. The highest BCUT2D eigenvalue weighted by Crippen LogP contribution is 2.73. The van der Waals surface area contributed by atoms with Gasteiger partial charge in [-0.1, -0.05) is 89.8 Å². The Morgan fingerprint density at radius 2 is 1.05 bits per heavy atom. The van der Waals surface area contributed by atoms with E-state index >= 15 is 4.39 Å². The molecule has 9 saturated carbocycles. The van der Waals surface area contributed by atoms with Crippen molar-refractivity contribution in [3.8, 4) is 0 Å². The summed E-state index contributed by atoms with van der Waals surface area (Å²) in [7, 11) is 0. The number of carbonyl (C=O) groups excluding carboxylic acids is 6. The maximum absolute atomic E-state index is 17.1. The fourth-order valence-electron chi connectivity index (χ4n) is 23.1.